The van der Waals surface area contributed by atoms with Crippen LogP contribution in [0.3, 0.4) is 0 Å². The molecule has 3 N–H and O–H groups in total. The van der Waals surface area contributed by atoms with Gasteiger partial charge in [-0.1, -0.05) is 26.0 Å². The van der Waals surface area contributed by atoms with Crippen molar-refractivity contribution in [3.05, 3.63) is 39.9 Å². The van der Waals surface area contributed by atoms with Crippen molar-refractivity contribution in [2.45, 2.75) is 32.7 Å². The average molecular weight is 279 g/mol. The second-order valence-corrected chi connectivity index (χ2v) is 5.17. The van der Waals surface area contributed by atoms with Crippen LogP contribution in [0.1, 0.15) is 32.3 Å². The molecule has 0 aromatic heterocycles. The second kappa shape index (κ2) is 7.00. The number of nitrogens with one attached hydrogen (secondary N) is 1. The predicted octanol–water partition coefficient (Wildman–Crippen LogP) is 1.80. The van der Waals surface area contributed by atoms with E-state index in [0.29, 0.717) is 12.1 Å². The molecule has 0 aliphatic heterocycles. The van der Waals surface area contributed by atoms with E-state index in [1.807, 2.05) is 13.8 Å². The number of carbonyl (C=O) groups excluding carboxylic acids is 1. The lowest BCUT2D eigenvalue weighted by molar-refractivity contribution is -0.384. The zero-order valence-corrected chi connectivity index (χ0v) is 12.0. The van der Waals surface area contributed by atoms with Crippen molar-refractivity contribution in [3.8, 4) is 0 Å². The van der Waals surface area contributed by atoms with E-state index in [4.69, 9.17) is 5.73 Å². The van der Waals surface area contributed by atoms with E-state index in [-0.39, 0.29) is 23.6 Å². The number of benzene rings is 1. The number of hydrogen-bond acceptors (Lipinski definition) is 4. The first-order chi connectivity index (χ1) is 9.36. The summed E-state index contributed by atoms with van der Waals surface area (Å²) in [7, 11) is 0. The Morgan fingerprint density at radius 3 is 2.55 bits per heavy atom. The molecule has 1 rings (SSSR count). The van der Waals surface area contributed by atoms with Crippen LogP contribution in [0, 0.1) is 16.0 Å². The molecule has 6 heteroatoms. The normalized spacial score (nSPS) is 13.8. The van der Waals surface area contributed by atoms with Crippen LogP contribution in [-0.2, 0) is 4.79 Å². The van der Waals surface area contributed by atoms with Crippen LogP contribution in [0.15, 0.2) is 24.3 Å². The highest BCUT2D eigenvalue weighted by atomic mass is 16.6. The largest absolute Gasteiger partial charge is 0.351 e. The third-order valence-corrected chi connectivity index (χ3v) is 3.36. The summed E-state index contributed by atoms with van der Waals surface area (Å²) < 4.78 is 0. The highest BCUT2D eigenvalue weighted by Crippen LogP contribution is 2.21. The van der Waals surface area contributed by atoms with Crippen molar-refractivity contribution < 1.29 is 9.72 Å². The van der Waals surface area contributed by atoms with Crippen molar-refractivity contribution in [1.82, 2.24) is 5.32 Å². The van der Waals surface area contributed by atoms with Crippen molar-refractivity contribution in [3.63, 3.8) is 0 Å². The minimum absolute atomic E-state index is 0.0126. The van der Waals surface area contributed by atoms with E-state index in [1.54, 1.807) is 19.1 Å². The molecule has 20 heavy (non-hydrogen) atoms. The van der Waals surface area contributed by atoms with Crippen molar-refractivity contribution >= 4 is 11.6 Å². The van der Waals surface area contributed by atoms with Gasteiger partial charge in [-0.25, -0.2) is 0 Å². The van der Waals surface area contributed by atoms with E-state index in [2.05, 4.69) is 5.32 Å². The second-order valence-electron chi connectivity index (χ2n) is 5.17. The van der Waals surface area contributed by atoms with Gasteiger partial charge in [0.25, 0.3) is 5.69 Å². The number of carbonyl (C=O) groups is 1. The first kappa shape index (κ1) is 16.1. The molecule has 0 bridgehead atoms. The standard InChI is InChI=1S/C14H21N3O3/c1-9(2)13(8-15)16-14(18)10(3)11-5-4-6-12(7-11)17(19)20/h4-7,9-10,13H,8,15H2,1-3H3,(H,16,18). The van der Waals surface area contributed by atoms with Gasteiger partial charge in [-0.05, 0) is 18.4 Å². The first-order valence-corrected chi connectivity index (χ1v) is 6.61. The predicted molar refractivity (Wildman–Crippen MR) is 77.3 cm³/mol. The molecule has 0 radical (unpaired) electrons. The molecule has 1 aromatic rings. The summed E-state index contributed by atoms with van der Waals surface area (Å²) in [5.41, 5.74) is 6.23. The Morgan fingerprint density at radius 2 is 2.05 bits per heavy atom. The summed E-state index contributed by atoms with van der Waals surface area (Å²) in [4.78, 5) is 22.4. The van der Waals surface area contributed by atoms with Gasteiger partial charge >= 0.3 is 0 Å². The van der Waals surface area contributed by atoms with Gasteiger partial charge in [0, 0.05) is 24.7 Å². The van der Waals surface area contributed by atoms with Gasteiger partial charge in [-0.3, -0.25) is 14.9 Å². The molecule has 0 aliphatic rings. The van der Waals surface area contributed by atoms with Crippen LogP contribution >= 0.6 is 0 Å². The molecule has 0 saturated carbocycles. The number of nitro benzene ring substituents is 1. The highest BCUT2D eigenvalue weighted by molar-refractivity contribution is 5.83. The SMILES string of the molecule is CC(C(=O)NC(CN)C(C)C)c1cccc([N+](=O)[O-])c1. The Kier molecular flexibility index (Phi) is 5.64. The summed E-state index contributed by atoms with van der Waals surface area (Å²) >= 11 is 0. The number of amides is 1. The van der Waals surface area contributed by atoms with E-state index in [0.717, 1.165) is 0 Å². The van der Waals surface area contributed by atoms with E-state index < -0.39 is 10.8 Å². The number of rotatable bonds is 6. The fourth-order valence-electron chi connectivity index (χ4n) is 1.86. The van der Waals surface area contributed by atoms with Gasteiger partial charge in [-0.15, -0.1) is 0 Å². The van der Waals surface area contributed by atoms with E-state index >= 15 is 0 Å². The Hall–Kier alpha value is -1.95. The van der Waals surface area contributed by atoms with Crippen LogP contribution in [0.2, 0.25) is 0 Å². The molecular weight excluding hydrogens is 258 g/mol. The smallest absolute Gasteiger partial charge is 0.269 e. The topological polar surface area (TPSA) is 98.3 Å². The fourth-order valence-corrected chi connectivity index (χ4v) is 1.86. The van der Waals surface area contributed by atoms with Crippen molar-refractivity contribution in [1.29, 1.82) is 0 Å². The van der Waals surface area contributed by atoms with Gasteiger partial charge in [0.15, 0.2) is 0 Å². The minimum Gasteiger partial charge on any atom is -0.351 e. The van der Waals surface area contributed by atoms with E-state index in [1.165, 1.54) is 12.1 Å². The summed E-state index contributed by atoms with van der Waals surface area (Å²) in [6, 6.07) is 6.04. The fraction of sp³-hybridized carbons (Fsp3) is 0.500. The molecule has 110 valence electrons. The maximum atomic E-state index is 12.2. The molecule has 6 nitrogen and oxygen atoms in total. The van der Waals surface area contributed by atoms with Crippen LogP contribution < -0.4 is 11.1 Å². The summed E-state index contributed by atoms with van der Waals surface area (Å²) in [5.74, 6) is -0.390. The minimum atomic E-state index is -0.467. The summed E-state index contributed by atoms with van der Waals surface area (Å²) in [6.07, 6.45) is 0. The maximum Gasteiger partial charge on any atom is 0.269 e. The van der Waals surface area contributed by atoms with Crippen LogP contribution in [0.25, 0.3) is 0 Å². The van der Waals surface area contributed by atoms with Crippen molar-refractivity contribution in [2.24, 2.45) is 11.7 Å². The summed E-state index contributed by atoms with van der Waals surface area (Å²) in [6.45, 7) is 6.05. The van der Waals surface area contributed by atoms with Gasteiger partial charge in [0.05, 0.1) is 10.8 Å². The lowest BCUT2D eigenvalue weighted by Gasteiger charge is -2.22. The Balaban J connectivity index is 2.83. The molecule has 0 fully saturated rings. The Morgan fingerprint density at radius 1 is 1.40 bits per heavy atom. The maximum absolute atomic E-state index is 12.2. The van der Waals surface area contributed by atoms with Crippen LogP contribution in [-0.4, -0.2) is 23.4 Å². The van der Waals surface area contributed by atoms with Crippen LogP contribution in [0.5, 0.6) is 0 Å². The molecule has 0 spiro atoms. The molecule has 0 saturated heterocycles. The average Bonchev–Trinajstić information content (AvgIpc) is 2.43. The van der Waals surface area contributed by atoms with Gasteiger partial charge < -0.3 is 11.1 Å². The number of nitro groups is 1. The zero-order chi connectivity index (χ0) is 15.3. The molecule has 1 aromatic carbocycles. The van der Waals surface area contributed by atoms with Crippen molar-refractivity contribution in [2.75, 3.05) is 6.54 Å². The lowest BCUT2D eigenvalue weighted by Crippen LogP contribution is -2.45. The highest BCUT2D eigenvalue weighted by Gasteiger charge is 2.21. The number of nitrogens with two attached hydrogens (primary N) is 1. The quantitative estimate of drug-likeness (QED) is 0.612. The van der Waals surface area contributed by atoms with E-state index in [9.17, 15) is 14.9 Å². The molecule has 0 heterocycles. The number of nitrogens with zero attached hydrogens (tertiary/aromatic N) is 1. The molecule has 2 atom stereocenters. The summed E-state index contributed by atoms with van der Waals surface area (Å²) in [5, 5.41) is 13.6. The van der Waals surface area contributed by atoms with Gasteiger partial charge in [0.2, 0.25) is 5.91 Å². The first-order valence-electron chi connectivity index (χ1n) is 6.61. The zero-order valence-electron chi connectivity index (χ0n) is 12.0. The number of hydrogen-bond donors (Lipinski definition) is 2. The third-order valence-electron chi connectivity index (χ3n) is 3.36. The third kappa shape index (κ3) is 4.03. The molecular formula is C14H21N3O3. The Bertz CT molecular complexity index is 488. The lowest BCUT2D eigenvalue weighted by atomic mass is 9.98. The monoisotopic (exact) mass is 279 g/mol. The van der Waals surface area contributed by atoms with Crippen LogP contribution in [0.4, 0.5) is 5.69 Å². The molecule has 0 aliphatic carbocycles. The molecule has 1 amide bonds. The number of non-ortho nitro benzene ring substituents is 1. The van der Waals surface area contributed by atoms with Gasteiger partial charge in [0.1, 0.15) is 0 Å². The Labute approximate surface area is 118 Å². The molecule has 2 unspecified atom stereocenters. The van der Waals surface area contributed by atoms with Gasteiger partial charge in [-0.2, -0.15) is 0 Å².